The summed E-state index contributed by atoms with van der Waals surface area (Å²) in [6.07, 6.45) is 0.879. The maximum Gasteiger partial charge on any atom is 0.258 e. The summed E-state index contributed by atoms with van der Waals surface area (Å²) in [4.78, 5) is 11.7. The topological polar surface area (TPSA) is 73.6 Å². The number of carbonyl (C=O) groups is 1. The Kier molecular flexibility index (Phi) is 6.81. The van der Waals surface area contributed by atoms with Gasteiger partial charge in [0.15, 0.2) is 18.1 Å². The SMILES string of the molecule is CCC(C)NC(=O)COc1c(Br)cc(CN)cc1OC. The standard InChI is InChI=1S/C14H21BrN2O3/c1-4-9(2)17-13(18)8-20-14-11(15)5-10(7-16)6-12(14)19-3/h5-6,9H,4,7-8,16H2,1-3H3,(H,17,18). The minimum absolute atomic E-state index is 0.0543. The van der Waals surface area contributed by atoms with Crippen molar-refractivity contribution in [1.29, 1.82) is 0 Å². The molecule has 1 rings (SSSR count). The first-order chi connectivity index (χ1) is 9.51. The fourth-order valence-corrected chi connectivity index (χ4v) is 2.19. The molecule has 0 bridgehead atoms. The van der Waals surface area contributed by atoms with Crippen LogP contribution in [0.25, 0.3) is 0 Å². The molecule has 0 saturated heterocycles. The average molecular weight is 345 g/mol. The summed E-state index contributed by atoms with van der Waals surface area (Å²) >= 11 is 3.40. The molecule has 0 aliphatic heterocycles. The number of nitrogens with one attached hydrogen (secondary N) is 1. The maximum atomic E-state index is 11.7. The Balaban J connectivity index is 2.74. The molecule has 5 nitrogen and oxygen atoms in total. The summed E-state index contributed by atoms with van der Waals surface area (Å²) < 4.78 is 11.5. The summed E-state index contributed by atoms with van der Waals surface area (Å²) in [5.74, 6) is 0.899. The van der Waals surface area contributed by atoms with Gasteiger partial charge in [-0.2, -0.15) is 0 Å². The van der Waals surface area contributed by atoms with Crippen LogP contribution in [0.15, 0.2) is 16.6 Å². The van der Waals surface area contributed by atoms with Gasteiger partial charge in [-0.25, -0.2) is 0 Å². The number of ether oxygens (including phenoxy) is 2. The van der Waals surface area contributed by atoms with Gasteiger partial charge in [0.1, 0.15) is 0 Å². The van der Waals surface area contributed by atoms with Gasteiger partial charge in [-0.05, 0) is 47.0 Å². The van der Waals surface area contributed by atoms with E-state index in [9.17, 15) is 4.79 Å². The molecular formula is C14H21BrN2O3. The van der Waals surface area contributed by atoms with E-state index in [1.54, 1.807) is 13.2 Å². The number of methoxy groups -OCH3 is 1. The summed E-state index contributed by atoms with van der Waals surface area (Å²) in [6, 6.07) is 3.79. The van der Waals surface area contributed by atoms with Gasteiger partial charge in [0.25, 0.3) is 5.91 Å². The van der Waals surface area contributed by atoms with Crippen LogP contribution >= 0.6 is 15.9 Å². The minimum Gasteiger partial charge on any atom is -0.493 e. The molecule has 3 N–H and O–H groups in total. The van der Waals surface area contributed by atoms with Crippen LogP contribution in [0, 0.1) is 0 Å². The fourth-order valence-electron chi connectivity index (χ4n) is 1.59. The molecule has 0 heterocycles. The smallest absolute Gasteiger partial charge is 0.258 e. The third kappa shape index (κ3) is 4.68. The van der Waals surface area contributed by atoms with Gasteiger partial charge < -0.3 is 20.5 Å². The van der Waals surface area contributed by atoms with E-state index < -0.39 is 0 Å². The molecular weight excluding hydrogens is 324 g/mol. The highest BCUT2D eigenvalue weighted by Gasteiger charge is 2.13. The lowest BCUT2D eigenvalue weighted by Gasteiger charge is -2.15. The van der Waals surface area contributed by atoms with Crippen molar-refractivity contribution in [2.24, 2.45) is 5.73 Å². The molecule has 112 valence electrons. The number of hydrogen-bond donors (Lipinski definition) is 2. The first kappa shape index (κ1) is 16.8. The van der Waals surface area contributed by atoms with Crippen molar-refractivity contribution in [3.8, 4) is 11.5 Å². The van der Waals surface area contributed by atoms with Crippen molar-refractivity contribution >= 4 is 21.8 Å². The van der Waals surface area contributed by atoms with E-state index in [1.165, 1.54) is 0 Å². The second kappa shape index (κ2) is 8.11. The van der Waals surface area contributed by atoms with E-state index in [-0.39, 0.29) is 18.6 Å². The highest BCUT2D eigenvalue weighted by molar-refractivity contribution is 9.10. The molecule has 0 spiro atoms. The van der Waals surface area contributed by atoms with Crippen LogP contribution in [-0.2, 0) is 11.3 Å². The van der Waals surface area contributed by atoms with Gasteiger partial charge in [0.05, 0.1) is 11.6 Å². The molecule has 0 fully saturated rings. The van der Waals surface area contributed by atoms with E-state index in [0.29, 0.717) is 22.5 Å². The normalized spacial score (nSPS) is 11.8. The summed E-state index contributed by atoms with van der Waals surface area (Å²) in [6.45, 7) is 4.31. The predicted molar refractivity (Wildman–Crippen MR) is 82.0 cm³/mol. The van der Waals surface area contributed by atoms with E-state index in [4.69, 9.17) is 15.2 Å². The van der Waals surface area contributed by atoms with E-state index in [0.717, 1.165) is 12.0 Å². The van der Waals surface area contributed by atoms with Gasteiger partial charge in [-0.3, -0.25) is 4.79 Å². The Morgan fingerprint density at radius 1 is 1.50 bits per heavy atom. The van der Waals surface area contributed by atoms with Crippen LogP contribution in [0.5, 0.6) is 11.5 Å². The maximum absolute atomic E-state index is 11.7. The lowest BCUT2D eigenvalue weighted by Crippen LogP contribution is -2.35. The van der Waals surface area contributed by atoms with Gasteiger partial charge in [0, 0.05) is 12.6 Å². The Labute approximate surface area is 127 Å². The number of hydrogen-bond acceptors (Lipinski definition) is 4. The van der Waals surface area contributed by atoms with Crippen LogP contribution in [0.1, 0.15) is 25.8 Å². The molecule has 0 radical (unpaired) electrons. The third-order valence-electron chi connectivity index (χ3n) is 2.89. The van der Waals surface area contributed by atoms with Gasteiger partial charge in [-0.15, -0.1) is 0 Å². The van der Waals surface area contributed by atoms with Crippen molar-refractivity contribution in [3.63, 3.8) is 0 Å². The quantitative estimate of drug-likeness (QED) is 0.795. The third-order valence-corrected chi connectivity index (χ3v) is 3.48. The molecule has 1 aromatic carbocycles. The Morgan fingerprint density at radius 3 is 2.75 bits per heavy atom. The summed E-state index contributed by atoms with van der Waals surface area (Å²) in [5.41, 5.74) is 6.52. The molecule has 1 atom stereocenters. The lowest BCUT2D eigenvalue weighted by molar-refractivity contribution is -0.123. The Morgan fingerprint density at radius 2 is 2.20 bits per heavy atom. The number of nitrogens with two attached hydrogens (primary N) is 1. The van der Waals surface area contributed by atoms with Crippen molar-refractivity contribution in [2.45, 2.75) is 32.9 Å². The summed E-state index contributed by atoms with van der Waals surface area (Å²) in [5, 5.41) is 2.84. The van der Waals surface area contributed by atoms with Gasteiger partial charge in [-0.1, -0.05) is 6.92 Å². The predicted octanol–water partition coefficient (Wildman–Crippen LogP) is 2.21. The van der Waals surface area contributed by atoms with Crippen LogP contribution < -0.4 is 20.5 Å². The number of carbonyl (C=O) groups excluding carboxylic acids is 1. The first-order valence-corrected chi connectivity index (χ1v) is 7.29. The van der Waals surface area contributed by atoms with E-state index in [2.05, 4.69) is 21.2 Å². The Hall–Kier alpha value is -1.27. The van der Waals surface area contributed by atoms with E-state index in [1.807, 2.05) is 19.9 Å². The molecule has 0 aliphatic rings. The van der Waals surface area contributed by atoms with Crippen LogP contribution in [0.4, 0.5) is 0 Å². The molecule has 1 aromatic rings. The molecule has 1 unspecified atom stereocenters. The largest absolute Gasteiger partial charge is 0.493 e. The zero-order valence-corrected chi connectivity index (χ0v) is 13.6. The molecule has 0 aliphatic carbocycles. The van der Waals surface area contributed by atoms with Crippen molar-refractivity contribution in [3.05, 3.63) is 22.2 Å². The zero-order chi connectivity index (χ0) is 15.1. The number of amides is 1. The van der Waals surface area contributed by atoms with Crippen molar-refractivity contribution < 1.29 is 14.3 Å². The molecule has 0 aromatic heterocycles. The minimum atomic E-state index is -0.156. The highest BCUT2D eigenvalue weighted by atomic mass is 79.9. The monoisotopic (exact) mass is 344 g/mol. The van der Waals surface area contributed by atoms with Crippen LogP contribution in [-0.4, -0.2) is 25.7 Å². The second-order valence-electron chi connectivity index (χ2n) is 4.48. The highest BCUT2D eigenvalue weighted by Crippen LogP contribution is 2.36. The van der Waals surface area contributed by atoms with Crippen molar-refractivity contribution in [2.75, 3.05) is 13.7 Å². The zero-order valence-electron chi connectivity index (χ0n) is 12.0. The van der Waals surface area contributed by atoms with Crippen LogP contribution in [0.2, 0.25) is 0 Å². The van der Waals surface area contributed by atoms with Crippen LogP contribution in [0.3, 0.4) is 0 Å². The van der Waals surface area contributed by atoms with Crippen molar-refractivity contribution in [1.82, 2.24) is 5.32 Å². The van der Waals surface area contributed by atoms with E-state index >= 15 is 0 Å². The number of benzene rings is 1. The summed E-state index contributed by atoms with van der Waals surface area (Å²) in [7, 11) is 1.55. The first-order valence-electron chi connectivity index (χ1n) is 6.50. The fraction of sp³-hybridized carbons (Fsp3) is 0.500. The molecule has 20 heavy (non-hydrogen) atoms. The number of halogens is 1. The van der Waals surface area contributed by atoms with Gasteiger partial charge >= 0.3 is 0 Å². The molecule has 6 heteroatoms. The lowest BCUT2D eigenvalue weighted by atomic mass is 10.2. The number of rotatable bonds is 7. The Bertz CT molecular complexity index is 466. The second-order valence-corrected chi connectivity index (χ2v) is 5.33. The van der Waals surface area contributed by atoms with Gasteiger partial charge in [0.2, 0.25) is 0 Å². The average Bonchev–Trinajstić information content (AvgIpc) is 2.44. The molecule has 0 saturated carbocycles. The molecule has 1 amide bonds.